The summed E-state index contributed by atoms with van der Waals surface area (Å²) in [6.07, 6.45) is 3.24. The molecule has 4 atom stereocenters. The maximum atomic E-state index is 13.7. The molecule has 2 fully saturated rings. The molecule has 0 unspecified atom stereocenters. The van der Waals surface area contributed by atoms with Crippen molar-refractivity contribution in [2.45, 2.75) is 52.6 Å². The third-order valence-electron chi connectivity index (χ3n) is 7.09. The van der Waals surface area contributed by atoms with Gasteiger partial charge >= 0.3 is 0 Å². The van der Waals surface area contributed by atoms with Crippen molar-refractivity contribution < 1.29 is 19.4 Å². The summed E-state index contributed by atoms with van der Waals surface area (Å²) in [5.41, 5.74) is 1.10. The molecule has 148 valence electrons. The van der Waals surface area contributed by atoms with Crippen molar-refractivity contribution in [1.29, 1.82) is 0 Å². The lowest BCUT2D eigenvalue weighted by Gasteiger charge is -2.58. The lowest BCUT2D eigenvalue weighted by atomic mass is 9.46. The first-order valence-corrected chi connectivity index (χ1v) is 9.78. The summed E-state index contributed by atoms with van der Waals surface area (Å²) in [5, 5.41) is 10.7. The van der Waals surface area contributed by atoms with Crippen LogP contribution >= 0.6 is 0 Å². The molecule has 4 nitrogen and oxygen atoms in total. The normalized spacial score (nSPS) is 32.5. The molecule has 0 saturated heterocycles. The number of rotatable bonds is 4. The number of aliphatic hydroxyl groups is 1. The molecule has 27 heavy (non-hydrogen) atoms. The minimum atomic E-state index is -0.637. The number of hydrogen-bond donors (Lipinski definition) is 1. The molecule has 0 aromatic heterocycles. The zero-order chi connectivity index (χ0) is 20.0. The van der Waals surface area contributed by atoms with Crippen LogP contribution < -0.4 is 9.47 Å². The monoisotopic (exact) mass is 372 g/mol. The molecule has 1 N–H and O–H groups in total. The van der Waals surface area contributed by atoms with Gasteiger partial charge in [-0.25, -0.2) is 0 Å². The van der Waals surface area contributed by atoms with Crippen molar-refractivity contribution in [1.82, 2.24) is 0 Å². The molecule has 0 aliphatic heterocycles. The Hall–Kier alpha value is -1.81. The van der Waals surface area contributed by atoms with E-state index in [9.17, 15) is 9.90 Å². The van der Waals surface area contributed by atoms with Gasteiger partial charge in [-0.15, -0.1) is 0 Å². The molecular weight excluding hydrogens is 340 g/mol. The van der Waals surface area contributed by atoms with Gasteiger partial charge in [0.05, 0.1) is 26.2 Å². The number of benzene rings is 1. The quantitative estimate of drug-likeness (QED) is 0.617. The van der Waals surface area contributed by atoms with Crippen molar-refractivity contribution in [3.05, 3.63) is 35.9 Å². The van der Waals surface area contributed by atoms with E-state index >= 15 is 0 Å². The zero-order valence-corrected chi connectivity index (χ0v) is 17.2. The molecule has 0 radical (unpaired) electrons. The maximum Gasteiger partial charge on any atom is 0.170 e. The van der Waals surface area contributed by atoms with Crippen molar-refractivity contribution in [2.24, 2.45) is 22.7 Å². The van der Waals surface area contributed by atoms with Crippen molar-refractivity contribution in [3.63, 3.8) is 0 Å². The minimum absolute atomic E-state index is 0.00106. The second-order valence-electron chi connectivity index (χ2n) is 9.13. The molecule has 2 aliphatic carbocycles. The average Bonchev–Trinajstić information content (AvgIpc) is 2.63. The number of carbonyl (C=O) groups excluding carboxylic acids is 1. The smallest absolute Gasteiger partial charge is 0.170 e. The fourth-order valence-electron chi connectivity index (χ4n) is 5.67. The van der Waals surface area contributed by atoms with Crippen LogP contribution in [-0.4, -0.2) is 31.2 Å². The number of aliphatic hydroxyl groups excluding tert-OH is 1. The summed E-state index contributed by atoms with van der Waals surface area (Å²) in [7, 11) is 3.15. The molecule has 1 aromatic rings. The second kappa shape index (κ2) is 6.97. The van der Waals surface area contributed by atoms with E-state index in [1.165, 1.54) is 0 Å². The van der Waals surface area contributed by atoms with Crippen LogP contribution in [0.15, 0.2) is 30.4 Å². The van der Waals surface area contributed by atoms with E-state index in [-0.39, 0.29) is 22.5 Å². The van der Waals surface area contributed by atoms with Crippen molar-refractivity contribution in [3.8, 4) is 11.5 Å². The van der Waals surface area contributed by atoms with E-state index in [2.05, 4.69) is 27.4 Å². The number of fused-ring (bicyclic) bond motifs is 1. The van der Waals surface area contributed by atoms with Crippen LogP contribution in [0.4, 0.5) is 0 Å². The van der Waals surface area contributed by atoms with Gasteiger partial charge in [0.2, 0.25) is 0 Å². The van der Waals surface area contributed by atoms with Gasteiger partial charge in [-0.2, -0.15) is 0 Å². The van der Waals surface area contributed by atoms with Crippen LogP contribution in [0.5, 0.6) is 11.5 Å². The molecular formula is C23H32O4. The highest BCUT2D eigenvalue weighted by molar-refractivity contribution is 6.01. The minimum Gasteiger partial charge on any atom is -0.497 e. The molecule has 3 rings (SSSR count). The molecule has 0 amide bonds. The predicted octanol–water partition coefficient (Wildman–Crippen LogP) is 4.66. The summed E-state index contributed by atoms with van der Waals surface area (Å²) in [4.78, 5) is 13.7. The average molecular weight is 373 g/mol. The Labute approximate surface area is 162 Å². The lowest BCUT2D eigenvalue weighted by Crippen LogP contribution is -2.54. The standard InChI is InChI=1S/C23H32O4/c1-14-18(24)13-19-22(2,3)8-7-9-23(19,4)20(14)21(25)15-10-16(26-5)12-17(11-15)27-6/h10-12,18-20,24H,1,7-9,13H2,2-6H3/t18-,19+,20-,23+/m1/s1. The van der Waals surface area contributed by atoms with Gasteiger partial charge in [0.15, 0.2) is 5.78 Å². The van der Waals surface area contributed by atoms with E-state index in [0.717, 1.165) is 19.3 Å². The van der Waals surface area contributed by atoms with Gasteiger partial charge in [0, 0.05) is 11.6 Å². The lowest BCUT2D eigenvalue weighted by molar-refractivity contribution is -0.0723. The number of ketones is 1. The third kappa shape index (κ3) is 3.29. The van der Waals surface area contributed by atoms with Gasteiger partial charge < -0.3 is 14.6 Å². The van der Waals surface area contributed by atoms with E-state index < -0.39 is 12.0 Å². The number of Topliss-reactive ketones (excluding diaryl/α,β-unsaturated/α-hetero) is 1. The van der Waals surface area contributed by atoms with Gasteiger partial charge in [0.1, 0.15) is 11.5 Å². The highest BCUT2D eigenvalue weighted by Crippen LogP contribution is 2.61. The Bertz CT molecular complexity index is 728. The Balaban J connectivity index is 2.07. The Kier molecular flexibility index (Phi) is 5.15. The van der Waals surface area contributed by atoms with Crippen LogP contribution in [0, 0.1) is 22.7 Å². The van der Waals surface area contributed by atoms with Crippen LogP contribution in [-0.2, 0) is 0 Å². The first kappa shape index (κ1) is 19.9. The molecule has 0 spiro atoms. The highest BCUT2D eigenvalue weighted by atomic mass is 16.5. The van der Waals surface area contributed by atoms with Crippen molar-refractivity contribution >= 4 is 5.78 Å². The Morgan fingerprint density at radius 3 is 2.26 bits per heavy atom. The SMILES string of the molecule is C=C1[C@H](C(=O)c2cc(OC)cc(OC)c2)[C@@]2(C)CCCC(C)(C)[C@@H]2C[C@H]1O. The van der Waals surface area contributed by atoms with Crippen LogP contribution in [0.3, 0.4) is 0 Å². The van der Waals surface area contributed by atoms with Gasteiger partial charge in [-0.3, -0.25) is 4.79 Å². The molecule has 2 aliphatic rings. The first-order chi connectivity index (χ1) is 12.6. The molecule has 2 saturated carbocycles. The summed E-state index contributed by atoms with van der Waals surface area (Å²) >= 11 is 0. The summed E-state index contributed by atoms with van der Waals surface area (Å²) in [6, 6.07) is 5.27. The fraction of sp³-hybridized carbons (Fsp3) is 0.609. The second-order valence-corrected chi connectivity index (χ2v) is 9.13. The van der Waals surface area contributed by atoms with E-state index in [1.54, 1.807) is 32.4 Å². The highest BCUT2D eigenvalue weighted by Gasteiger charge is 2.57. The number of methoxy groups -OCH3 is 2. The van der Waals surface area contributed by atoms with E-state index in [4.69, 9.17) is 9.47 Å². The zero-order valence-electron chi connectivity index (χ0n) is 17.2. The number of ether oxygens (including phenoxy) is 2. The maximum absolute atomic E-state index is 13.7. The van der Waals surface area contributed by atoms with Crippen LogP contribution in [0.1, 0.15) is 56.8 Å². The molecule has 0 bridgehead atoms. The fourth-order valence-corrected chi connectivity index (χ4v) is 5.67. The predicted molar refractivity (Wildman–Crippen MR) is 106 cm³/mol. The van der Waals surface area contributed by atoms with Crippen LogP contribution in [0.2, 0.25) is 0 Å². The van der Waals surface area contributed by atoms with Gasteiger partial charge in [-0.05, 0) is 53.7 Å². The molecule has 1 aromatic carbocycles. The molecule has 4 heteroatoms. The third-order valence-corrected chi connectivity index (χ3v) is 7.09. The van der Waals surface area contributed by atoms with Gasteiger partial charge in [-0.1, -0.05) is 33.8 Å². The topological polar surface area (TPSA) is 55.8 Å². The number of hydrogen-bond acceptors (Lipinski definition) is 4. The van der Waals surface area contributed by atoms with Crippen LogP contribution in [0.25, 0.3) is 0 Å². The Morgan fingerprint density at radius 2 is 1.70 bits per heavy atom. The van der Waals surface area contributed by atoms with Crippen molar-refractivity contribution in [2.75, 3.05) is 14.2 Å². The molecule has 0 heterocycles. The Morgan fingerprint density at radius 1 is 1.11 bits per heavy atom. The number of carbonyl (C=O) groups is 1. The summed E-state index contributed by atoms with van der Waals surface area (Å²) in [5.74, 6) is 1.06. The summed E-state index contributed by atoms with van der Waals surface area (Å²) < 4.78 is 10.7. The van der Waals surface area contributed by atoms with E-state index in [0.29, 0.717) is 29.1 Å². The summed E-state index contributed by atoms with van der Waals surface area (Å²) in [6.45, 7) is 10.9. The van der Waals surface area contributed by atoms with Gasteiger partial charge in [0.25, 0.3) is 0 Å². The largest absolute Gasteiger partial charge is 0.497 e. The first-order valence-electron chi connectivity index (χ1n) is 9.78. The van der Waals surface area contributed by atoms with E-state index in [1.807, 2.05) is 0 Å².